The Morgan fingerprint density at radius 2 is 1.81 bits per heavy atom. The van der Waals surface area contributed by atoms with E-state index in [1.165, 1.54) is 0 Å². The van der Waals surface area contributed by atoms with Gasteiger partial charge in [-0.15, -0.1) is 0 Å². The second kappa shape index (κ2) is 9.57. The minimum Gasteiger partial charge on any atom is -0.379 e. The van der Waals surface area contributed by atoms with Gasteiger partial charge in [-0.3, -0.25) is 24.3 Å². The van der Waals surface area contributed by atoms with Crippen molar-refractivity contribution >= 4 is 23.5 Å². The molecule has 196 valence electrons. The summed E-state index contributed by atoms with van der Waals surface area (Å²) >= 11 is 0. The third-order valence-electron chi connectivity index (χ3n) is 8.57. The first-order valence-corrected chi connectivity index (χ1v) is 13.4. The maximum absolute atomic E-state index is 14.1. The van der Waals surface area contributed by atoms with Crippen molar-refractivity contribution in [3.8, 4) is 0 Å². The van der Waals surface area contributed by atoms with Gasteiger partial charge in [0, 0.05) is 61.6 Å². The number of H-pyrrole nitrogens is 1. The number of hydrogen-bond donors (Lipinski definition) is 2. The van der Waals surface area contributed by atoms with E-state index in [1.807, 2.05) is 17.0 Å². The lowest BCUT2D eigenvalue weighted by Gasteiger charge is -2.39. The molecule has 1 spiro atoms. The number of anilines is 2. The van der Waals surface area contributed by atoms with E-state index in [2.05, 4.69) is 14.8 Å². The summed E-state index contributed by atoms with van der Waals surface area (Å²) < 4.78 is 5.46. The van der Waals surface area contributed by atoms with E-state index in [9.17, 15) is 14.4 Å². The van der Waals surface area contributed by atoms with E-state index in [1.54, 1.807) is 6.07 Å². The lowest BCUT2D eigenvalue weighted by molar-refractivity contribution is -0.124. The molecule has 10 nitrogen and oxygen atoms in total. The van der Waals surface area contributed by atoms with Crippen molar-refractivity contribution in [1.29, 1.82) is 0 Å². The number of nitrogens with two attached hydrogens (primary N) is 1. The van der Waals surface area contributed by atoms with Crippen molar-refractivity contribution < 1.29 is 14.3 Å². The number of amides is 2. The Balaban J connectivity index is 1.28. The number of aromatic nitrogens is 2. The van der Waals surface area contributed by atoms with Gasteiger partial charge in [0.05, 0.1) is 24.3 Å². The van der Waals surface area contributed by atoms with Crippen LogP contribution in [0.3, 0.4) is 0 Å². The summed E-state index contributed by atoms with van der Waals surface area (Å²) in [5.41, 5.74) is 8.65. The number of carbonyl (C=O) groups excluding carboxylic acids is 2. The number of aryl methyl sites for hydroxylation is 1. The smallest absolute Gasteiger partial charge is 0.255 e. The molecule has 3 aliphatic heterocycles. The van der Waals surface area contributed by atoms with E-state index in [0.29, 0.717) is 57.2 Å². The number of hydrogen-bond acceptors (Lipinski definition) is 7. The summed E-state index contributed by atoms with van der Waals surface area (Å²) in [7, 11) is 0. The number of nitrogens with one attached hydrogen (secondary N) is 1. The first-order chi connectivity index (χ1) is 18.0. The molecule has 6 rings (SSSR count). The van der Waals surface area contributed by atoms with Gasteiger partial charge in [-0.1, -0.05) is 6.07 Å². The molecule has 3 N–H and O–H groups in total. The Labute approximate surface area is 215 Å². The molecule has 2 aromatic rings. The Morgan fingerprint density at radius 1 is 1.05 bits per heavy atom. The molecule has 2 fully saturated rings. The average molecular weight is 507 g/mol. The molecule has 2 saturated heterocycles. The van der Waals surface area contributed by atoms with Crippen molar-refractivity contribution in [3.05, 3.63) is 50.9 Å². The molecule has 0 atom stereocenters. The fourth-order valence-electron chi connectivity index (χ4n) is 6.54. The van der Waals surface area contributed by atoms with Crippen molar-refractivity contribution in [2.45, 2.75) is 43.9 Å². The van der Waals surface area contributed by atoms with Crippen LogP contribution in [-0.2, 0) is 27.8 Å². The number of piperidine rings is 1. The minimum absolute atomic E-state index is 0.0380. The molecular formula is C27H34N6O4. The summed E-state index contributed by atoms with van der Waals surface area (Å²) in [4.78, 5) is 53.3. The lowest BCUT2D eigenvalue weighted by atomic mass is 9.72. The van der Waals surface area contributed by atoms with Crippen LogP contribution in [0.25, 0.3) is 0 Å². The van der Waals surface area contributed by atoms with Crippen LogP contribution in [0.15, 0.2) is 23.0 Å². The molecule has 1 aromatic heterocycles. The normalized spacial score (nSPS) is 21.2. The lowest BCUT2D eigenvalue weighted by Crippen LogP contribution is -2.51. The van der Waals surface area contributed by atoms with Gasteiger partial charge in [0.2, 0.25) is 17.8 Å². The van der Waals surface area contributed by atoms with Gasteiger partial charge in [-0.2, -0.15) is 0 Å². The van der Waals surface area contributed by atoms with E-state index < -0.39 is 11.3 Å². The molecule has 2 amide bonds. The van der Waals surface area contributed by atoms with Crippen LogP contribution < -0.4 is 21.1 Å². The molecule has 37 heavy (non-hydrogen) atoms. The number of benzene rings is 1. The van der Waals surface area contributed by atoms with Crippen molar-refractivity contribution in [3.63, 3.8) is 0 Å². The molecule has 0 unspecified atom stereocenters. The van der Waals surface area contributed by atoms with Crippen LogP contribution in [0.5, 0.6) is 0 Å². The van der Waals surface area contributed by atoms with Crippen LogP contribution in [0.4, 0.5) is 11.6 Å². The van der Waals surface area contributed by atoms with E-state index >= 15 is 0 Å². The predicted molar refractivity (Wildman–Crippen MR) is 139 cm³/mol. The molecule has 0 saturated carbocycles. The van der Waals surface area contributed by atoms with Gasteiger partial charge >= 0.3 is 0 Å². The number of rotatable bonds is 5. The van der Waals surface area contributed by atoms with Crippen molar-refractivity contribution in [1.82, 2.24) is 14.9 Å². The Kier molecular flexibility index (Phi) is 6.24. The number of ether oxygens (including phenoxy) is 1. The number of nitrogens with zero attached hydrogens (tertiary/aromatic N) is 4. The second-order valence-corrected chi connectivity index (χ2v) is 10.6. The van der Waals surface area contributed by atoms with Crippen LogP contribution in [-0.4, -0.2) is 79.2 Å². The van der Waals surface area contributed by atoms with Crippen molar-refractivity contribution in [2.24, 2.45) is 5.73 Å². The number of fused-ring (bicyclic) bond motifs is 3. The summed E-state index contributed by atoms with van der Waals surface area (Å²) in [6, 6.07) is 5.48. The van der Waals surface area contributed by atoms with E-state index in [-0.39, 0.29) is 11.5 Å². The van der Waals surface area contributed by atoms with Crippen LogP contribution >= 0.6 is 0 Å². The third-order valence-corrected chi connectivity index (χ3v) is 8.57. The molecular weight excluding hydrogens is 472 g/mol. The van der Waals surface area contributed by atoms with Gasteiger partial charge in [0.25, 0.3) is 5.56 Å². The summed E-state index contributed by atoms with van der Waals surface area (Å²) in [6.07, 6.45) is 4.73. The highest BCUT2D eigenvalue weighted by Gasteiger charge is 2.53. The number of primary amides is 1. The standard InChI is InChI=1S/C27H34N6O4/c28-23(34)19-5-3-7-21-22(19)27(25(36)33(21)13-12-31-14-16-37-17-15-31)8-10-32(11-9-27)26-29-20-6-2-1-4-18(20)24(35)30-26/h3,5,7H,1-2,4,6,8-17H2,(H2,28,34)(H,29,30,35). The van der Waals surface area contributed by atoms with Gasteiger partial charge in [0.1, 0.15) is 0 Å². The number of carbonyl (C=O) groups is 2. The molecule has 0 radical (unpaired) electrons. The van der Waals surface area contributed by atoms with Gasteiger partial charge in [-0.05, 0) is 50.7 Å². The molecule has 1 aliphatic carbocycles. The Morgan fingerprint density at radius 3 is 2.57 bits per heavy atom. The average Bonchev–Trinajstić information content (AvgIpc) is 3.15. The highest BCUT2D eigenvalue weighted by molar-refractivity contribution is 6.12. The Hall–Kier alpha value is -3.24. The number of morpholine rings is 1. The minimum atomic E-state index is -0.809. The maximum atomic E-state index is 14.1. The van der Waals surface area contributed by atoms with E-state index in [4.69, 9.17) is 15.5 Å². The zero-order valence-corrected chi connectivity index (χ0v) is 21.1. The van der Waals surface area contributed by atoms with Crippen LogP contribution in [0, 0.1) is 0 Å². The van der Waals surface area contributed by atoms with Crippen LogP contribution in [0.2, 0.25) is 0 Å². The fraction of sp³-hybridized carbons (Fsp3) is 0.556. The highest BCUT2D eigenvalue weighted by Crippen LogP contribution is 2.49. The van der Waals surface area contributed by atoms with Crippen LogP contribution in [0.1, 0.15) is 52.9 Å². The SMILES string of the molecule is NC(=O)c1cccc2c1C1(CCN(c3nc4c(c(=O)[nH]3)CCCC4)CC1)C(=O)N2CCN1CCOCC1. The van der Waals surface area contributed by atoms with Gasteiger partial charge < -0.3 is 20.3 Å². The third kappa shape index (κ3) is 4.12. The first kappa shape index (κ1) is 24.1. The van der Waals surface area contributed by atoms with Crippen molar-refractivity contribution in [2.75, 3.05) is 62.3 Å². The molecule has 10 heteroatoms. The summed E-state index contributed by atoms with van der Waals surface area (Å²) in [5, 5.41) is 0. The van der Waals surface area contributed by atoms with Gasteiger partial charge in [-0.25, -0.2) is 4.98 Å². The predicted octanol–water partition coefficient (Wildman–Crippen LogP) is 0.965. The first-order valence-electron chi connectivity index (χ1n) is 13.4. The Bertz CT molecular complexity index is 1280. The van der Waals surface area contributed by atoms with E-state index in [0.717, 1.165) is 67.8 Å². The largest absolute Gasteiger partial charge is 0.379 e. The summed E-state index contributed by atoms with van der Waals surface area (Å²) in [6.45, 7) is 5.51. The zero-order chi connectivity index (χ0) is 25.6. The zero-order valence-electron chi connectivity index (χ0n) is 21.1. The second-order valence-electron chi connectivity index (χ2n) is 10.6. The number of aromatic amines is 1. The van der Waals surface area contributed by atoms with Gasteiger partial charge in [0.15, 0.2) is 0 Å². The molecule has 4 aliphatic rings. The summed E-state index contributed by atoms with van der Waals surface area (Å²) in [5.74, 6) is 0.108. The topological polar surface area (TPSA) is 125 Å². The fourth-order valence-corrected chi connectivity index (χ4v) is 6.54. The molecule has 0 bridgehead atoms. The monoisotopic (exact) mass is 506 g/mol. The molecule has 1 aromatic carbocycles. The highest BCUT2D eigenvalue weighted by atomic mass is 16.5. The molecule has 4 heterocycles. The maximum Gasteiger partial charge on any atom is 0.255 e. The quantitative estimate of drug-likeness (QED) is 0.619.